The first-order chi connectivity index (χ1) is 9.75. The van der Waals surface area contributed by atoms with E-state index in [0.717, 1.165) is 10.4 Å². The number of nitro groups is 1. The summed E-state index contributed by atoms with van der Waals surface area (Å²) in [6.07, 6.45) is 0. The van der Waals surface area contributed by atoms with Gasteiger partial charge in [0.1, 0.15) is 4.90 Å². The zero-order valence-corrected chi connectivity index (χ0v) is 13.2. The van der Waals surface area contributed by atoms with Crippen molar-refractivity contribution in [1.82, 2.24) is 4.31 Å². The summed E-state index contributed by atoms with van der Waals surface area (Å²) in [7, 11) is 0.571. The van der Waals surface area contributed by atoms with Gasteiger partial charge < -0.3 is 10.1 Å². The van der Waals surface area contributed by atoms with Gasteiger partial charge in [-0.2, -0.15) is 4.31 Å². The van der Waals surface area contributed by atoms with Crippen LogP contribution in [-0.2, 0) is 14.8 Å². The minimum Gasteiger partial charge on any atom is -0.387 e. The highest BCUT2D eigenvalue weighted by molar-refractivity contribution is 7.89. The summed E-state index contributed by atoms with van der Waals surface area (Å²) in [5.41, 5.74) is 0.0254. The molecule has 118 valence electrons. The highest BCUT2D eigenvalue weighted by atomic mass is 32.2. The molecule has 8 nitrogen and oxygen atoms in total. The minimum absolute atomic E-state index is 0.135. The zero-order chi connectivity index (χ0) is 16.2. The highest BCUT2D eigenvalue weighted by Gasteiger charge is 2.29. The Morgan fingerprint density at radius 1 is 1.48 bits per heavy atom. The molecule has 0 aliphatic rings. The van der Waals surface area contributed by atoms with Crippen LogP contribution in [0.5, 0.6) is 0 Å². The Kier molecular flexibility index (Phi) is 5.64. The Morgan fingerprint density at radius 2 is 2.10 bits per heavy atom. The third-order valence-corrected chi connectivity index (χ3v) is 5.14. The molecule has 0 saturated carbocycles. The van der Waals surface area contributed by atoms with Crippen molar-refractivity contribution in [3.63, 3.8) is 0 Å². The Morgan fingerprint density at radius 3 is 2.57 bits per heavy atom. The van der Waals surface area contributed by atoms with Crippen LogP contribution < -0.4 is 5.32 Å². The lowest BCUT2D eigenvalue weighted by Crippen LogP contribution is -2.38. The van der Waals surface area contributed by atoms with E-state index in [-0.39, 0.29) is 17.2 Å². The second-order valence-corrected chi connectivity index (χ2v) is 6.48. The van der Waals surface area contributed by atoms with Crippen molar-refractivity contribution in [2.45, 2.75) is 17.9 Å². The molecular formula is C12H19N3O5S. The van der Waals surface area contributed by atoms with E-state index in [1.165, 1.54) is 26.3 Å². The number of hydrogen-bond acceptors (Lipinski definition) is 6. The number of non-ortho nitro benzene ring substituents is 1. The summed E-state index contributed by atoms with van der Waals surface area (Å²) in [5.74, 6) is 0. The van der Waals surface area contributed by atoms with Crippen molar-refractivity contribution in [3.8, 4) is 0 Å². The SMILES string of the molecule is CNc1ccc([N+](=O)[O-])cc1S(=O)(=O)N(C)C(C)COC. The molecule has 0 radical (unpaired) electrons. The summed E-state index contributed by atoms with van der Waals surface area (Å²) >= 11 is 0. The maximum atomic E-state index is 12.6. The molecule has 0 fully saturated rings. The Balaban J connectivity index is 3.35. The van der Waals surface area contributed by atoms with Crippen molar-refractivity contribution in [2.75, 3.05) is 33.1 Å². The van der Waals surface area contributed by atoms with Crippen LogP contribution in [0.4, 0.5) is 11.4 Å². The van der Waals surface area contributed by atoms with E-state index in [1.807, 2.05) is 0 Å². The quantitative estimate of drug-likeness (QED) is 0.600. The maximum Gasteiger partial charge on any atom is 0.270 e. The molecule has 1 rings (SSSR count). The first kappa shape index (κ1) is 17.3. The third kappa shape index (κ3) is 3.69. The fraction of sp³-hybridized carbons (Fsp3) is 0.500. The van der Waals surface area contributed by atoms with Gasteiger partial charge in [0.15, 0.2) is 0 Å². The van der Waals surface area contributed by atoms with Gasteiger partial charge >= 0.3 is 0 Å². The average molecular weight is 317 g/mol. The number of anilines is 1. The standard InChI is InChI=1S/C12H19N3O5S/c1-9(8-20-4)14(3)21(18,19)12-7-10(15(16)17)5-6-11(12)13-2/h5-7,9,13H,8H2,1-4H3. The smallest absolute Gasteiger partial charge is 0.270 e. The molecule has 0 aromatic heterocycles. The van der Waals surface area contributed by atoms with Crippen molar-refractivity contribution in [1.29, 1.82) is 0 Å². The van der Waals surface area contributed by atoms with Crippen molar-refractivity contribution in [2.24, 2.45) is 0 Å². The highest BCUT2D eigenvalue weighted by Crippen LogP contribution is 2.29. The lowest BCUT2D eigenvalue weighted by atomic mass is 10.3. The molecule has 0 aliphatic heterocycles. The predicted molar refractivity (Wildman–Crippen MR) is 78.9 cm³/mol. The van der Waals surface area contributed by atoms with Gasteiger partial charge in [0.2, 0.25) is 10.0 Å². The Labute approximate surface area is 123 Å². The van der Waals surface area contributed by atoms with Gasteiger partial charge in [-0.05, 0) is 13.0 Å². The fourth-order valence-corrected chi connectivity index (χ4v) is 3.35. The van der Waals surface area contributed by atoms with E-state index in [9.17, 15) is 18.5 Å². The molecule has 1 aromatic carbocycles. The van der Waals surface area contributed by atoms with Gasteiger partial charge in [0, 0.05) is 39.4 Å². The Hall–Kier alpha value is -1.71. The van der Waals surface area contributed by atoms with E-state index in [2.05, 4.69) is 5.32 Å². The second-order valence-electron chi connectivity index (χ2n) is 4.51. The number of benzene rings is 1. The van der Waals surface area contributed by atoms with Gasteiger partial charge in [-0.1, -0.05) is 0 Å². The number of nitrogens with one attached hydrogen (secondary N) is 1. The first-order valence-electron chi connectivity index (χ1n) is 6.18. The number of hydrogen-bond donors (Lipinski definition) is 1. The number of methoxy groups -OCH3 is 1. The van der Waals surface area contributed by atoms with Crippen LogP contribution in [0, 0.1) is 10.1 Å². The van der Waals surface area contributed by atoms with Crippen LogP contribution in [0.2, 0.25) is 0 Å². The number of rotatable bonds is 7. The van der Waals surface area contributed by atoms with Crippen molar-refractivity contribution in [3.05, 3.63) is 28.3 Å². The minimum atomic E-state index is -3.87. The molecule has 9 heteroatoms. The molecule has 0 bridgehead atoms. The Bertz CT molecular complexity index is 617. The molecule has 1 aromatic rings. The molecule has 0 spiro atoms. The molecule has 21 heavy (non-hydrogen) atoms. The topological polar surface area (TPSA) is 102 Å². The van der Waals surface area contributed by atoms with E-state index < -0.39 is 21.0 Å². The summed E-state index contributed by atoms with van der Waals surface area (Å²) < 4.78 is 31.3. The van der Waals surface area contributed by atoms with Gasteiger partial charge in [-0.25, -0.2) is 8.42 Å². The number of nitrogens with zero attached hydrogens (tertiary/aromatic N) is 2. The summed E-state index contributed by atoms with van der Waals surface area (Å²) in [4.78, 5) is 10.1. The van der Waals surface area contributed by atoms with E-state index >= 15 is 0 Å². The van der Waals surface area contributed by atoms with E-state index in [4.69, 9.17) is 4.74 Å². The molecule has 0 aliphatic carbocycles. The molecular weight excluding hydrogens is 298 g/mol. The molecule has 0 amide bonds. The first-order valence-corrected chi connectivity index (χ1v) is 7.62. The zero-order valence-electron chi connectivity index (χ0n) is 12.4. The number of likely N-dealkylation sites (N-methyl/N-ethyl adjacent to an activating group) is 1. The molecule has 0 heterocycles. The van der Waals surface area contributed by atoms with E-state index in [0.29, 0.717) is 5.69 Å². The fourth-order valence-electron chi connectivity index (χ4n) is 1.78. The summed E-state index contributed by atoms with van der Waals surface area (Å²) in [6, 6.07) is 3.28. The molecule has 1 N–H and O–H groups in total. The van der Waals surface area contributed by atoms with Crippen LogP contribution in [0.1, 0.15) is 6.92 Å². The number of sulfonamides is 1. The molecule has 1 unspecified atom stereocenters. The molecule has 1 atom stereocenters. The van der Waals surface area contributed by atoms with Gasteiger partial charge in [-0.3, -0.25) is 10.1 Å². The van der Waals surface area contributed by atoms with Crippen LogP contribution >= 0.6 is 0 Å². The van der Waals surface area contributed by atoms with Gasteiger partial charge in [-0.15, -0.1) is 0 Å². The van der Waals surface area contributed by atoms with Crippen LogP contribution in [0.15, 0.2) is 23.1 Å². The number of nitro benzene ring substituents is 1. The lowest BCUT2D eigenvalue weighted by molar-refractivity contribution is -0.385. The maximum absolute atomic E-state index is 12.6. The monoisotopic (exact) mass is 317 g/mol. The van der Waals surface area contributed by atoms with Crippen LogP contribution in [0.25, 0.3) is 0 Å². The van der Waals surface area contributed by atoms with Crippen molar-refractivity contribution >= 4 is 21.4 Å². The normalized spacial score (nSPS) is 13.2. The summed E-state index contributed by atoms with van der Waals surface area (Å²) in [6.45, 7) is 1.91. The van der Waals surface area contributed by atoms with Gasteiger partial charge in [0.25, 0.3) is 5.69 Å². The van der Waals surface area contributed by atoms with Crippen molar-refractivity contribution < 1.29 is 18.1 Å². The van der Waals surface area contributed by atoms with E-state index in [1.54, 1.807) is 14.0 Å². The molecule has 0 saturated heterocycles. The predicted octanol–water partition coefficient (Wildman–Crippen LogP) is 1.29. The lowest BCUT2D eigenvalue weighted by Gasteiger charge is -2.24. The van der Waals surface area contributed by atoms with Crippen LogP contribution in [-0.4, -0.2) is 51.5 Å². The second kappa shape index (κ2) is 6.83. The average Bonchev–Trinajstić information content (AvgIpc) is 2.45. The third-order valence-electron chi connectivity index (χ3n) is 3.13. The number of ether oxygens (including phenoxy) is 1. The largest absolute Gasteiger partial charge is 0.387 e. The summed E-state index contributed by atoms with van der Waals surface area (Å²) in [5, 5.41) is 13.6. The van der Waals surface area contributed by atoms with Gasteiger partial charge in [0.05, 0.1) is 17.2 Å². The van der Waals surface area contributed by atoms with Crippen LogP contribution in [0.3, 0.4) is 0 Å².